The Morgan fingerprint density at radius 2 is 1.95 bits per heavy atom. The summed E-state index contributed by atoms with van der Waals surface area (Å²) in [5, 5.41) is 9.98. The number of aliphatic hydroxyl groups excluding tert-OH is 1. The standard InChI is InChI=1S/C14H11Cl2FO2/c15-10-5-4-9(13(17)6-10)8-19-14-3-1-2-12(16)11(14)7-18/h1-6,18H,7-8H2. The van der Waals surface area contributed by atoms with Gasteiger partial charge >= 0.3 is 0 Å². The van der Waals surface area contributed by atoms with Crippen LogP contribution in [-0.4, -0.2) is 5.11 Å². The minimum absolute atomic E-state index is 0.0380. The second kappa shape index (κ2) is 6.24. The molecule has 1 N–H and O–H groups in total. The molecule has 0 heterocycles. The molecule has 2 aromatic carbocycles. The van der Waals surface area contributed by atoms with Crippen LogP contribution in [0.15, 0.2) is 36.4 Å². The number of hydrogen-bond acceptors (Lipinski definition) is 2. The first-order valence-corrected chi connectivity index (χ1v) is 6.32. The van der Waals surface area contributed by atoms with Crippen molar-refractivity contribution in [2.45, 2.75) is 13.2 Å². The van der Waals surface area contributed by atoms with Crippen LogP contribution in [-0.2, 0) is 13.2 Å². The number of ether oxygens (including phenoxy) is 1. The summed E-state index contributed by atoms with van der Waals surface area (Å²) in [6, 6.07) is 9.41. The maximum atomic E-state index is 13.6. The van der Waals surface area contributed by atoms with Gasteiger partial charge in [-0.25, -0.2) is 4.39 Å². The molecule has 0 aliphatic rings. The first kappa shape index (κ1) is 14.1. The van der Waals surface area contributed by atoms with Crippen LogP contribution >= 0.6 is 23.2 Å². The first-order valence-electron chi connectivity index (χ1n) is 5.57. The van der Waals surface area contributed by atoms with Gasteiger partial charge in [0.1, 0.15) is 18.2 Å². The van der Waals surface area contributed by atoms with Crippen LogP contribution in [0.25, 0.3) is 0 Å². The molecule has 0 atom stereocenters. The normalized spacial score (nSPS) is 10.5. The van der Waals surface area contributed by atoms with Crippen LogP contribution in [0.5, 0.6) is 5.75 Å². The van der Waals surface area contributed by atoms with E-state index >= 15 is 0 Å². The van der Waals surface area contributed by atoms with Crippen molar-refractivity contribution in [1.82, 2.24) is 0 Å². The van der Waals surface area contributed by atoms with Crippen molar-refractivity contribution in [3.8, 4) is 5.75 Å². The topological polar surface area (TPSA) is 29.5 Å². The Bertz CT molecular complexity index is 588. The Morgan fingerprint density at radius 3 is 2.63 bits per heavy atom. The van der Waals surface area contributed by atoms with E-state index in [4.69, 9.17) is 27.9 Å². The van der Waals surface area contributed by atoms with Crippen molar-refractivity contribution in [2.24, 2.45) is 0 Å². The molecule has 0 unspecified atom stereocenters. The van der Waals surface area contributed by atoms with Crippen molar-refractivity contribution < 1.29 is 14.2 Å². The largest absolute Gasteiger partial charge is 0.488 e. The Morgan fingerprint density at radius 1 is 1.16 bits per heavy atom. The van der Waals surface area contributed by atoms with Gasteiger partial charge in [-0.15, -0.1) is 0 Å². The molecule has 100 valence electrons. The maximum absolute atomic E-state index is 13.6. The van der Waals surface area contributed by atoms with Gasteiger partial charge in [-0.2, -0.15) is 0 Å². The fourth-order valence-corrected chi connectivity index (χ4v) is 2.01. The highest BCUT2D eigenvalue weighted by Gasteiger charge is 2.09. The van der Waals surface area contributed by atoms with E-state index in [1.54, 1.807) is 30.3 Å². The van der Waals surface area contributed by atoms with Gasteiger partial charge in [-0.05, 0) is 24.3 Å². The average molecular weight is 301 g/mol. The molecule has 0 radical (unpaired) electrons. The predicted molar refractivity (Wildman–Crippen MR) is 73.1 cm³/mol. The van der Waals surface area contributed by atoms with Crippen LogP contribution in [0.4, 0.5) is 4.39 Å². The van der Waals surface area contributed by atoms with Gasteiger partial charge < -0.3 is 9.84 Å². The lowest BCUT2D eigenvalue weighted by Crippen LogP contribution is -2.01. The van der Waals surface area contributed by atoms with Crippen molar-refractivity contribution >= 4 is 23.2 Å². The lowest BCUT2D eigenvalue weighted by molar-refractivity contribution is 0.257. The number of aliphatic hydroxyl groups is 1. The van der Waals surface area contributed by atoms with Crippen molar-refractivity contribution in [1.29, 1.82) is 0 Å². The first-order chi connectivity index (χ1) is 9.11. The Hall–Kier alpha value is -1.29. The molecule has 0 spiro atoms. The zero-order valence-corrected chi connectivity index (χ0v) is 11.4. The third-order valence-electron chi connectivity index (χ3n) is 2.63. The Kier molecular flexibility index (Phi) is 4.64. The van der Waals surface area contributed by atoms with Crippen molar-refractivity contribution in [2.75, 3.05) is 0 Å². The van der Waals surface area contributed by atoms with E-state index in [9.17, 15) is 9.50 Å². The summed E-state index contributed by atoms with van der Waals surface area (Å²) in [6.45, 7) is -0.200. The lowest BCUT2D eigenvalue weighted by atomic mass is 10.2. The summed E-state index contributed by atoms with van der Waals surface area (Å²) in [5.41, 5.74) is 0.867. The number of rotatable bonds is 4. The number of halogens is 3. The fourth-order valence-electron chi connectivity index (χ4n) is 1.62. The van der Waals surface area contributed by atoms with Gasteiger partial charge in [-0.1, -0.05) is 35.3 Å². The van der Waals surface area contributed by atoms with Crippen molar-refractivity contribution in [3.63, 3.8) is 0 Å². The van der Waals surface area contributed by atoms with E-state index in [-0.39, 0.29) is 13.2 Å². The molecule has 2 rings (SSSR count). The third kappa shape index (κ3) is 3.38. The summed E-state index contributed by atoms with van der Waals surface area (Å²) in [7, 11) is 0. The minimum atomic E-state index is -0.430. The van der Waals surface area contributed by atoms with E-state index in [0.29, 0.717) is 26.9 Å². The fraction of sp³-hybridized carbons (Fsp3) is 0.143. The highest BCUT2D eigenvalue weighted by molar-refractivity contribution is 6.31. The van der Waals surface area contributed by atoms with E-state index in [0.717, 1.165) is 0 Å². The summed E-state index contributed by atoms with van der Waals surface area (Å²) in [5.74, 6) is 0.00410. The third-order valence-corrected chi connectivity index (χ3v) is 3.22. The van der Waals surface area contributed by atoms with Gasteiger partial charge in [0.15, 0.2) is 0 Å². The smallest absolute Gasteiger partial charge is 0.131 e. The molecule has 0 bridgehead atoms. The molecule has 5 heteroatoms. The Labute approximate surface area is 120 Å². The summed E-state index contributed by atoms with van der Waals surface area (Å²) in [6.07, 6.45) is 0. The SMILES string of the molecule is OCc1c(Cl)cccc1OCc1ccc(Cl)cc1F. The highest BCUT2D eigenvalue weighted by Crippen LogP contribution is 2.27. The van der Waals surface area contributed by atoms with Crippen LogP contribution < -0.4 is 4.74 Å². The van der Waals surface area contributed by atoms with Gasteiger partial charge in [0.25, 0.3) is 0 Å². The van der Waals surface area contributed by atoms with Crippen LogP contribution in [0.2, 0.25) is 10.0 Å². The van der Waals surface area contributed by atoms with Gasteiger partial charge in [-0.3, -0.25) is 0 Å². The van der Waals surface area contributed by atoms with Crippen LogP contribution in [0, 0.1) is 5.82 Å². The average Bonchev–Trinajstić information content (AvgIpc) is 2.38. The van der Waals surface area contributed by atoms with Crippen molar-refractivity contribution in [3.05, 3.63) is 63.4 Å². The maximum Gasteiger partial charge on any atom is 0.131 e. The second-order valence-electron chi connectivity index (χ2n) is 3.90. The Balaban J connectivity index is 2.17. The summed E-state index contributed by atoms with van der Waals surface area (Å²) >= 11 is 11.6. The zero-order valence-electron chi connectivity index (χ0n) is 9.87. The van der Waals surface area contributed by atoms with E-state index in [1.807, 2.05) is 0 Å². The molecule has 0 saturated carbocycles. The van der Waals surface area contributed by atoms with Crippen LogP contribution in [0.3, 0.4) is 0 Å². The molecular formula is C14H11Cl2FO2. The molecule has 0 fully saturated rings. The minimum Gasteiger partial charge on any atom is -0.488 e. The summed E-state index contributed by atoms with van der Waals surface area (Å²) < 4.78 is 19.1. The molecular weight excluding hydrogens is 290 g/mol. The highest BCUT2D eigenvalue weighted by atomic mass is 35.5. The molecule has 0 aliphatic heterocycles. The summed E-state index contributed by atoms with van der Waals surface area (Å²) in [4.78, 5) is 0. The molecule has 0 saturated heterocycles. The van der Waals surface area contributed by atoms with E-state index < -0.39 is 5.82 Å². The monoisotopic (exact) mass is 300 g/mol. The molecule has 0 aliphatic carbocycles. The predicted octanol–water partition coefficient (Wildman–Crippen LogP) is 4.20. The van der Waals surface area contributed by atoms with Gasteiger partial charge in [0, 0.05) is 21.2 Å². The zero-order chi connectivity index (χ0) is 13.8. The molecule has 2 aromatic rings. The molecule has 0 aromatic heterocycles. The van der Waals surface area contributed by atoms with E-state index in [2.05, 4.69) is 0 Å². The number of benzene rings is 2. The van der Waals surface area contributed by atoms with Crippen LogP contribution in [0.1, 0.15) is 11.1 Å². The van der Waals surface area contributed by atoms with E-state index in [1.165, 1.54) is 6.07 Å². The van der Waals surface area contributed by atoms with Gasteiger partial charge in [0.05, 0.1) is 6.61 Å². The molecule has 19 heavy (non-hydrogen) atoms. The number of hydrogen-bond donors (Lipinski definition) is 1. The lowest BCUT2D eigenvalue weighted by Gasteiger charge is -2.11. The second-order valence-corrected chi connectivity index (χ2v) is 4.74. The van der Waals surface area contributed by atoms with Gasteiger partial charge in [0.2, 0.25) is 0 Å². The quantitative estimate of drug-likeness (QED) is 0.917. The molecule has 2 nitrogen and oxygen atoms in total. The molecule has 0 amide bonds.